The molecule has 36 heavy (non-hydrogen) atoms. The van der Waals surface area contributed by atoms with Gasteiger partial charge in [-0.2, -0.15) is 0 Å². The van der Waals surface area contributed by atoms with Gasteiger partial charge in [0.25, 0.3) is 0 Å². The number of nitrogens with zero attached hydrogens (tertiary/aromatic N) is 2. The molecule has 184 valence electrons. The third-order valence-corrected chi connectivity index (χ3v) is 5.53. The third kappa shape index (κ3) is 7.06. The summed E-state index contributed by atoms with van der Waals surface area (Å²) in [7, 11) is 0. The fourth-order valence-electron chi connectivity index (χ4n) is 3.56. The first-order valence-corrected chi connectivity index (χ1v) is 11.8. The number of carbonyl (C=O) groups is 1. The van der Waals surface area contributed by atoms with Gasteiger partial charge >= 0.3 is 5.97 Å². The smallest absolute Gasteiger partial charge is 0.303 e. The number of carboxylic acid groups (broad SMARTS) is 1. The van der Waals surface area contributed by atoms with Crippen LogP contribution in [0.25, 0.3) is 11.5 Å². The maximum absolute atomic E-state index is 10.9. The number of hydrogen-bond donors (Lipinski definition) is 1. The molecule has 0 aliphatic heterocycles. The van der Waals surface area contributed by atoms with E-state index in [-0.39, 0.29) is 6.42 Å². The van der Waals surface area contributed by atoms with E-state index in [2.05, 4.69) is 10.1 Å². The molecular formula is C29H28N2O5. The summed E-state index contributed by atoms with van der Waals surface area (Å²) in [4.78, 5) is 21.0. The first-order chi connectivity index (χ1) is 17.6. The predicted octanol–water partition coefficient (Wildman–Crippen LogP) is 6.40. The first-order valence-electron chi connectivity index (χ1n) is 11.8. The molecule has 0 amide bonds. The fourth-order valence-corrected chi connectivity index (χ4v) is 3.56. The van der Waals surface area contributed by atoms with Crippen molar-refractivity contribution < 1.29 is 23.9 Å². The largest absolute Gasteiger partial charge is 0.487 e. The molecule has 3 aromatic carbocycles. The van der Waals surface area contributed by atoms with Gasteiger partial charge in [0, 0.05) is 12.0 Å². The summed E-state index contributed by atoms with van der Waals surface area (Å²) in [6.45, 7) is 2.47. The molecule has 0 aliphatic carbocycles. The van der Waals surface area contributed by atoms with E-state index >= 15 is 0 Å². The van der Waals surface area contributed by atoms with Gasteiger partial charge < -0.3 is 19.1 Å². The summed E-state index contributed by atoms with van der Waals surface area (Å²) < 4.78 is 11.7. The molecule has 0 saturated heterocycles. The van der Waals surface area contributed by atoms with Crippen LogP contribution in [0.15, 0.2) is 94.5 Å². The van der Waals surface area contributed by atoms with Crippen molar-refractivity contribution in [2.45, 2.75) is 39.4 Å². The van der Waals surface area contributed by atoms with Gasteiger partial charge in [0.15, 0.2) is 0 Å². The van der Waals surface area contributed by atoms with Crippen LogP contribution in [0.4, 0.5) is 0 Å². The molecule has 7 heteroatoms. The number of oxazole rings is 1. The Kier molecular flexibility index (Phi) is 8.48. The fraction of sp³-hybridized carbons (Fsp3) is 0.207. The third-order valence-electron chi connectivity index (χ3n) is 5.53. The van der Waals surface area contributed by atoms with Crippen molar-refractivity contribution in [3.8, 4) is 17.2 Å². The minimum atomic E-state index is -0.819. The molecule has 1 N–H and O–H groups in total. The predicted molar refractivity (Wildman–Crippen MR) is 137 cm³/mol. The quantitative estimate of drug-likeness (QED) is 0.185. The van der Waals surface area contributed by atoms with Crippen LogP contribution < -0.4 is 4.74 Å². The van der Waals surface area contributed by atoms with Gasteiger partial charge in [-0.15, -0.1) is 0 Å². The van der Waals surface area contributed by atoms with Crippen LogP contribution in [0.2, 0.25) is 0 Å². The van der Waals surface area contributed by atoms with Crippen molar-refractivity contribution in [2.24, 2.45) is 5.16 Å². The number of aliphatic carboxylic acids is 1. The number of aromatic nitrogens is 1. The van der Waals surface area contributed by atoms with Gasteiger partial charge in [-0.3, -0.25) is 4.79 Å². The average molecular weight is 485 g/mol. The minimum Gasteiger partial charge on any atom is -0.487 e. The number of aryl methyl sites for hydroxylation is 1. The van der Waals surface area contributed by atoms with Crippen LogP contribution in [0.3, 0.4) is 0 Å². The lowest BCUT2D eigenvalue weighted by Gasteiger charge is -2.08. The zero-order valence-corrected chi connectivity index (χ0v) is 20.1. The Balaban J connectivity index is 1.31. The van der Waals surface area contributed by atoms with Crippen molar-refractivity contribution in [1.82, 2.24) is 4.98 Å². The lowest BCUT2D eigenvalue weighted by Crippen LogP contribution is -2.04. The Bertz CT molecular complexity index is 1280. The van der Waals surface area contributed by atoms with Gasteiger partial charge in [0.05, 0.1) is 5.71 Å². The SMILES string of the molecule is Cc1oc(-c2ccccc2)nc1COc1ccc(CO/N=C(\CCCC(=O)O)c2ccccc2)cc1. The summed E-state index contributed by atoms with van der Waals surface area (Å²) in [6, 6.07) is 27.0. The van der Waals surface area contributed by atoms with Crippen LogP contribution in [0.5, 0.6) is 5.75 Å². The van der Waals surface area contributed by atoms with Crippen LogP contribution >= 0.6 is 0 Å². The van der Waals surface area contributed by atoms with E-state index in [1.165, 1.54) is 0 Å². The van der Waals surface area contributed by atoms with Gasteiger partial charge in [0.1, 0.15) is 30.4 Å². The molecule has 0 spiro atoms. The topological polar surface area (TPSA) is 94.2 Å². The zero-order valence-electron chi connectivity index (χ0n) is 20.1. The number of hydrogen-bond acceptors (Lipinski definition) is 6. The standard InChI is InChI=1S/C29H28N2O5/c1-21-27(30-29(36-21)24-11-6-3-7-12-24)20-34-25-17-15-22(16-18-25)19-35-31-26(13-8-14-28(32)33)23-9-4-2-5-10-23/h2-7,9-12,15-18H,8,13-14,19-20H2,1H3,(H,32,33)/b31-26+. The first kappa shape index (κ1) is 24.7. The van der Waals surface area contributed by atoms with E-state index < -0.39 is 5.97 Å². The Labute approximate surface area is 210 Å². The lowest BCUT2D eigenvalue weighted by atomic mass is 10.0. The molecule has 0 radical (unpaired) electrons. The molecule has 0 fully saturated rings. The summed E-state index contributed by atoms with van der Waals surface area (Å²) in [5, 5.41) is 13.2. The summed E-state index contributed by atoms with van der Waals surface area (Å²) in [5.74, 6) is 1.21. The second-order valence-corrected chi connectivity index (χ2v) is 8.25. The zero-order chi connectivity index (χ0) is 25.2. The van der Waals surface area contributed by atoms with Crippen LogP contribution in [0, 0.1) is 6.92 Å². The van der Waals surface area contributed by atoms with E-state index in [9.17, 15) is 4.79 Å². The van der Waals surface area contributed by atoms with Gasteiger partial charge in [0.2, 0.25) is 5.89 Å². The molecule has 0 unspecified atom stereocenters. The van der Waals surface area contributed by atoms with Crippen molar-refractivity contribution in [1.29, 1.82) is 0 Å². The van der Waals surface area contributed by atoms with Crippen LogP contribution in [-0.4, -0.2) is 21.8 Å². The number of carboxylic acids is 1. The average Bonchev–Trinajstić information content (AvgIpc) is 3.28. The molecular weight excluding hydrogens is 456 g/mol. The van der Waals surface area contributed by atoms with Crippen molar-refractivity contribution in [3.05, 3.63) is 108 Å². The van der Waals surface area contributed by atoms with Gasteiger partial charge in [-0.1, -0.05) is 65.8 Å². The van der Waals surface area contributed by atoms with E-state index in [1.54, 1.807) is 0 Å². The lowest BCUT2D eigenvalue weighted by molar-refractivity contribution is -0.137. The van der Waals surface area contributed by atoms with Crippen LogP contribution in [-0.2, 0) is 22.8 Å². The normalized spacial score (nSPS) is 11.3. The van der Waals surface area contributed by atoms with E-state index in [4.69, 9.17) is 19.1 Å². The second kappa shape index (κ2) is 12.4. The Hall–Kier alpha value is -4.39. The van der Waals surface area contributed by atoms with E-state index in [1.807, 2.05) is 91.9 Å². The molecule has 4 aromatic rings. The molecule has 0 saturated carbocycles. The number of oxime groups is 1. The summed E-state index contributed by atoms with van der Waals surface area (Å²) in [6.07, 6.45) is 1.11. The summed E-state index contributed by atoms with van der Waals surface area (Å²) in [5.41, 5.74) is 4.27. The highest BCUT2D eigenvalue weighted by Gasteiger charge is 2.12. The molecule has 4 rings (SSSR count). The van der Waals surface area contributed by atoms with Gasteiger partial charge in [-0.25, -0.2) is 4.98 Å². The van der Waals surface area contributed by atoms with Crippen molar-refractivity contribution in [3.63, 3.8) is 0 Å². The molecule has 0 bridgehead atoms. The molecule has 1 aromatic heterocycles. The number of rotatable bonds is 12. The highest BCUT2D eigenvalue weighted by Crippen LogP contribution is 2.23. The second-order valence-electron chi connectivity index (χ2n) is 8.25. The molecule has 0 atom stereocenters. The van der Waals surface area contributed by atoms with Crippen LogP contribution in [0.1, 0.15) is 41.8 Å². The van der Waals surface area contributed by atoms with Gasteiger partial charge in [-0.05, 0) is 55.2 Å². The maximum Gasteiger partial charge on any atom is 0.303 e. The van der Waals surface area contributed by atoms with E-state index in [0.29, 0.717) is 37.7 Å². The van der Waals surface area contributed by atoms with Crippen molar-refractivity contribution >= 4 is 11.7 Å². The summed E-state index contributed by atoms with van der Waals surface area (Å²) >= 11 is 0. The minimum absolute atomic E-state index is 0.0920. The molecule has 0 aliphatic rings. The Morgan fingerprint density at radius 1 is 0.917 bits per heavy atom. The Morgan fingerprint density at radius 3 is 2.31 bits per heavy atom. The molecule has 7 nitrogen and oxygen atoms in total. The monoisotopic (exact) mass is 484 g/mol. The Morgan fingerprint density at radius 2 is 1.61 bits per heavy atom. The maximum atomic E-state index is 10.9. The molecule has 1 heterocycles. The number of ether oxygens (including phenoxy) is 1. The van der Waals surface area contributed by atoms with Crippen molar-refractivity contribution in [2.75, 3.05) is 0 Å². The van der Waals surface area contributed by atoms with E-state index in [0.717, 1.165) is 33.9 Å². The number of benzene rings is 3. The highest BCUT2D eigenvalue weighted by atomic mass is 16.6. The highest BCUT2D eigenvalue weighted by molar-refractivity contribution is 6.00.